The van der Waals surface area contributed by atoms with Crippen LogP contribution in [0.2, 0.25) is 19.1 Å². The summed E-state index contributed by atoms with van der Waals surface area (Å²) in [7, 11) is 0.931. The highest BCUT2D eigenvalue weighted by molar-refractivity contribution is 7.05. The molecular weight excluding hydrogens is 194 g/mol. The molecule has 0 aliphatic rings. The zero-order valence-corrected chi connectivity index (χ0v) is 11.1. The summed E-state index contributed by atoms with van der Waals surface area (Å²) in [5.74, 6) is 0. The van der Waals surface area contributed by atoms with Gasteiger partial charge in [-0.2, -0.15) is 11.1 Å². The van der Waals surface area contributed by atoms with Gasteiger partial charge in [-0.25, -0.2) is 0 Å². The summed E-state index contributed by atoms with van der Waals surface area (Å²) in [4.78, 5) is 0. The van der Waals surface area contributed by atoms with Crippen LogP contribution in [0.4, 0.5) is 0 Å². The number of hydrogen-bond donors (Lipinski definition) is 1. The van der Waals surface area contributed by atoms with Gasteiger partial charge in [0.25, 0.3) is 0 Å². The highest BCUT2D eigenvalue weighted by Gasteiger charge is 1.81. The summed E-state index contributed by atoms with van der Waals surface area (Å²) in [5.41, 5.74) is 5.24. The molecule has 70 valence electrons. The Morgan fingerprint density at radius 2 is 2.00 bits per heavy atom. The van der Waals surface area contributed by atoms with Crippen LogP contribution in [-0.2, 0) is 4.43 Å². The van der Waals surface area contributed by atoms with Crippen LogP contribution in [0.1, 0.15) is 6.42 Å². The van der Waals surface area contributed by atoms with Gasteiger partial charge in [-0.1, -0.05) is 13.1 Å². The quantitative estimate of drug-likeness (QED) is 0.424. The van der Waals surface area contributed by atoms with E-state index in [0.29, 0.717) is 0 Å². The van der Waals surface area contributed by atoms with Crippen LogP contribution in [0, 0.1) is 0 Å². The third-order valence-corrected chi connectivity index (χ3v) is 2.00. The Bertz CT molecular complexity index is 59.8. The first kappa shape index (κ1) is 14.2. The third kappa shape index (κ3) is 36.9. The van der Waals surface area contributed by atoms with E-state index in [1.165, 1.54) is 6.04 Å². The van der Waals surface area contributed by atoms with Crippen LogP contribution in [0.15, 0.2) is 0 Å². The first-order valence-electron chi connectivity index (χ1n) is 3.98. The molecule has 0 unspecified atom stereocenters. The minimum Gasteiger partial charge on any atom is -0.427 e. The number of halogens is 1. The van der Waals surface area contributed by atoms with E-state index in [-0.39, 0.29) is 9.76 Å². The van der Waals surface area contributed by atoms with Crippen molar-refractivity contribution in [2.45, 2.75) is 25.6 Å². The first-order chi connectivity index (χ1) is 5.15. The third-order valence-electron chi connectivity index (χ3n) is 0.803. The Kier molecular flexibility index (Phi) is 17.1. The average Bonchev–Trinajstić information content (AvgIpc) is 1.88. The summed E-state index contributed by atoms with van der Waals surface area (Å²) >= 11 is 5.41. The maximum absolute atomic E-state index is 5.41. The fourth-order valence-corrected chi connectivity index (χ4v) is 1.17. The van der Waals surface area contributed by atoms with Gasteiger partial charge in [-0.3, -0.25) is 0 Å². The smallest absolute Gasteiger partial charge is 0.161 e. The molecule has 0 aliphatic carbocycles. The Morgan fingerprint density at radius 1 is 1.55 bits per heavy atom. The first-order valence-corrected chi connectivity index (χ1v) is 9.61. The maximum atomic E-state index is 5.41. The molecule has 0 rings (SSSR count). The monoisotopic (exact) mass is 213 g/mol. The molecule has 0 fully saturated rings. The Morgan fingerprint density at radius 3 is 2.27 bits per heavy atom. The van der Waals surface area contributed by atoms with Gasteiger partial charge in [-0.15, -0.1) is 0 Å². The lowest BCUT2D eigenvalue weighted by Crippen LogP contribution is -2.01. The molecule has 11 heavy (non-hydrogen) atoms. The van der Waals surface area contributed by atoms with Crippen LogP contribution in [-0.4, -0.2) is 31.5 Å². The summed E-state index contributed by atoms with van der Waals surface area (Å²) in [6.45, 7) is 4.96. The van der Waals surface area contributed by atoms with E-state index in [1.807, 2.05) is 0 Å². The van der Waals surface area contributed by atoms with E-state index in [4.69, 9.17) is 21.2 Å². The predicted molar refractivity (Wildman–Crippen MR) is 58.8 cm³/mol. The second kappa shape index (κ2) is 13.2. The number of nitrogens with two attached hydrogens (primary N) is 1. The second-order valence-electron chi connectivity index (χ2n) is 2.50. The molecule has 0 aromatic carbocycles. The molecule has 0 aromatic heterocycles. The van der Waals surface area contributed by atoms with Gasteiger partial charge in [0.15, 0.2) is 9.76 Å². The van der Waals surface area contributed by atoms with Gasteiger partial charge in [0.2, 0.25) is 0 Å². The predicted octanol–water partition coefficient (Wildman–Crippen LogP) is 0.692. The molecule has 5 heteroatoms. The van der Waals surface area contributed by atoms with E-state index < -0.39 is 8.11 Å². The van der Waals surface area contributed by atoms with Crippen molar-refractivity contribution in [2.24, 2.45) is 5.73 Å². The standard InChI is InChI=1S/C4H13NOSi.C2H7ClSi/c1-6-7-4-2-3-5;1-4(2)3/h2-5,7H2,1H3;4H,1-2H3. The SMILES string of the molecule is CO[SiH2]CCCN.C[SiH](C)Cl. The van der Waals surface area contributed by atoms with Gasteiger partial charge < -0.3 is 10.2 Å². The summed E-state index contributed by atoms with van der Waals surface area (Å²) in [6.07, 6.45) is 1.14. The minimum absolute atomic E-state index is 0.169. The fourth-order valence-electron chi connectivity index (χ4n) is 0.391. The molecule has 0 heterocycles. The molecule has 0 bridgehead atoms. The number of hydrogen-bond acceptors (Lipinski definition) is 2. The molecule has 0 saturated heterocycles. The zero-order valence-electron chi connectivity index (χ0n) is 7.77. The normalized spacial score (nSPS) is 10.4. The summed E-state index contributed by atoms with van der Waals surface area (Å²) < 4.78 is 4.93. The van der Waals surface area contributed by atoms with Crippen LogP contribution < -0.4 is 5.73 Å². The Hall–Kier alpha value is 0.644. The van der Waals surface area contributed by atoms with Gasteiger partial charge in [0.05, 0.1) is 0 Å². The van der Waals surface area contributed by atoms with Crippen molar-refractivity contribution in [2.75, 3.05) is 13.7 Å². The van der Waals surface area contributed by atoms with E-state index in [0.717, 1.165) is 13.0 Å². The fraction of sp³-hybridized carbons (Fsp3) is 1.00. The highest BCUT2D eigenvalue weighted by Crippen LogP contribution is 1.82. The van der Waals surface area contributed by atoms with Gasteiger partial charge in [0, 0.05) is 7.11 Å². The molecule has 0 atom stereocenters. The molecule has 0 amide bonds. The van der Waals surface area contributed by atoms with E-state index in [1.54, 1.807) is 7.11 Å². The molecule has 0 saturated carbocycles. The largest absolute Gasteiger partial charge is 0.427 e. The molecule has 2 nitrogen and oxygen atoms in total. The van der Waals surface area contributed by atoms with Gasteiger partial charge >= 0.3 is 0 Å². The molecule has 0 aromatic rings. The Balaban J connectivity index is 0. The average molecular weight is 214 g/mol. The lowest BCUT2D eigenvalue weighted by Gasteiger charge is -1.91. The number of rotatable bonds is 4. The van der Waals surface area contributed by atoms with Crippen molar-refractivity contribution in [3.63, 3.8) is 0 Å². The molecule has 0 spiro atoms. The second-order valence-corrected chi connectivity index (χ2v) is 8.84. The molecule has 2 N–H and O–H groups in total. The van der Waals surface area contributed by atoms with Crippen molar-refractivity contribution in [3.8, 4) is 0 Å². The van der Waals surface area contributed by atoms with Crippen molar-refractivity contribution in [3.05, 3.63) is 0 Å². The van der Waals surface area contributed by atoms with Crippen molar-refractivity contribution >= 4 is 28.9 Å². The van der Waals surface area contributed by atoms with Crippen LogP contribution in [0.5, 0.6) is 0 Å². The topological polar surface area (TPSA) is 35.2 Å². The summed E-state index contributed by atoms with van der Waals surface area (Å²) in [6, 6.07) is 1.23. The van der Waals surface area contributed by atoms with Gasteiger partial charge in [-0.05, 0) is 19.0 Å². The van der Waals surface area contributed by atoms with Gasteiger partial charge in [0.1, 0.15) is 8.11 Å². The highest BCUT2D eigenvalue weighted by atomic mass is 35.6. The lowest BCUT2D eigenvalue weighted by atomic mass is 10.5. The van der Waals surface area contributed by atoms with Crippen molar-refractivity contribution in [1.82, 2.24) is 0 Å². The van der Waals surface area contributed by atoms with E-state index in [2.05, 4.69) is 13.1 Å². The lowest BCUT2D eigenvalue weighted by molar-refractivity contribution is 0.440. The zero-order chi connectivity index (χ0) is 9.11. The van der Waals surface area contributed by atoms with Crippen molar-refractivity contribution in [1.29, 1.82) is 0 Å². The molecule has 0 radical (unpaired) electrons. The Labute approximate surface area is 78.7 Å². The maximum Gasteiger partial charge on any atom is 0.161 e. The van der Waals surface area contributed by atoms with E-state index >= 15 is 0 Å². The molecule has 0 aliphatic heterocycles. The minimum atomic E-state index is -0.667. The summed E-state index contributed by atoms with van der Waals surface area (Å²) in [5, 5.41) is 0. The van der Waals surface area contributed by atoms with Crippen molar-refractivity contribution < 1.29 is 4.43 Å². The molecular formula is C6H20ClNOSi2. The van der Waals surface area contributed by atoms with E-state index in [9.17, 15) is 0 Å². The van der Waals surface area contributed by atoms with Crippen LogP contribution in [0.3, 0.4) is 0 Å². The van der Waals surface area contributed by atoms with Crippen LogP contribution in [0.25, 0.3) is 0 Å². The van der Waals surface area contributed by atoms with Crippen LogP contribution >= 0.6 is 11.1 Å².